The van der Waals surface area contributed by atoms with Crippen molar-refractivity contribution in [1.82, 2.24) is 14.7 Å². The normalized spacial score (nSPS) is 19.1. The van der Waals surface area contributed by atoms with Crippen LogP contribution in [0.2, 0.25) is 0 Å². The molecule has 2 aliphatic rings. The minimum absolute atomic E-state index is 0.0182. The van der Waals surface area contributed by atoms with Crippen LogP contribution in [0.25, 0.3) is 0 Å². The molecule has 0 spiro atoms. The van der Waals surface area contributed by atoms with Crippen molar-refractivity contribution in [2.24, 2.45) is 5.92 Å². The fourth-order valence-electron chi connectivity index (χ4n) is 2.61. The Morgan fingerprint density at radius 2 is 1.71 bits per heavy atom. The Balaban J connectivity index is 1.94. The van der Waals surface area contributed by atoms with Gasteiger partial charge in [0.25, 0.3) is 0 Å². The van der Waals surface area contributed by atoms with Crippen molar-refractivity contribution in [3.8, 4) is 0 Å². The van der Waals surface area contributed by atoms with E-state index < -0.39 is 5.97 Å². The number of amides is 3. The third kappa shape index (κ3) is 4.61. The number of urea groups is 1. The second kappa shape index (κ2) is 6.78. The van der Waals surface area contributed by atoms with E-state index in [0.29, 0.717) is 38.6 Å². The van der Waals surface area contributed by atoms with Crippen LogP contribution < -0.4 is 0 Å². The Bertz CT molecular complexity index is 422. The third-order valence-electron chi connectivity index (χ3n) is 3.98. The summed E-state index contributed by atoms with van der Waals surface area (Å²) in [6.45, 7) is 4.02. The fourth-order valence-corrected chi connectivity index (χ4v) is 2.61. The van der Waals surface area contributed by atoms with E-state index in [1.54, 1.807) is 9.80 Å². The topological polar surface area (TPSA) is 81.2 Å². The standard InChI is InChI=1S/C14H23N3O4/c1-11(18)15-5-2-6-16(8-7-15)14(21)17(10-13(19)20)9-12-3-4-12/h12H,2-10H2,1H3,(H,19,20). The zero-order chi connectivity index (χ0) is 15.4. The lowest BCUT2D eigenvalue weighted by molar-refractivity contribution is -0.137. The van der Waals surface area contributed by atoms with Crippen LogP contribution in [0.4, 0.5) is 4.79 Å². The van der Waals surface area contributed by atoms with Crippen LogP contribution in [0.3, 0.4) is 0 Å². The predicted octanol–water partition coefficient (Wildman–Crippen LogP) is 0.457. The summed E-state index contributed by atoms with van der Waals surface area (Å²) in [5.41, 5.74) is 0. The average Bonchev–Trinajstić information content (AvgIpc) is 3.22. The fraction of sp³-hybridized carbons (Fsp3) is 0.786. The van der Waals surface area contributed by atoms with Gasteiger partial charge in [-0.2, -0.15) is 0 Å². The maximum Gasteiger partial charge on any atom is 0.323 e. The minimum Gasteiger partial charge on any atom is -0.480 e. The molecule has 0 aromatic rings. The van der Waals surface area contributed by atoms with Crippen LogP contribution in [0.15, 0.2) is 0 Å². The van der Waals surface area contributed by atoms with Crippen molar-refractivity contribution < 1.29 is 19.5 Å². The Labute approximate surface area is 124 Å². The number of carbonyl (C=O) groups is 3. The highest BCUT2D eigenvalue weighted by atomic mass is 16.4. The smallest absolute Gasteiger partial charge is 0.323 e. The van der Waals surface area contributed by atoms with Gasteiger partial charge in [-0.15, -0.1) is 0 Å². The summed E-state index contributed by atoms with van der Waals surface area (Å²) in [5.74, 6) is -0.511. The van der Waals surface area contributed by atoms with Crippen molar-refractivity contribution in [3.05, 3.63) is 0 Å². The van der Waals surface area contributed by atoms with Crippen LogP contribution in [-0.4, -0.2) is 77.0 Å². The Hall–Kier alpha value is -1.79. The van der Waals surface area contributed by atoms with Crippen molar-refractivity contribution in [2.75, 3.05) is 39.3 Å². The van der Waals surface area contributed by atoms with E-state index in [0.717, 1.165) is 19.3 Å². The van der Waals surface area contributed by atoms with E-state index in [1.165, 1.54) is 11.8 Å². The zero-order valence-electron chi connectivity index (χ0n) is 12.5. The van der Waals surface area contributed by atoms with E-state index in [4.69, 9.17) is 5.11 Å². The number of carboxylic acid groups (broad SMARTS) is 1. The third-order valence-corrected chi connectivity index (χ3v) is 3.98. The number of carboxylic acids is 1. The van der Waals surface area contributed by atoms with E-state index in [1.807, 2.05) is 0 Å². The van der Waals surface area contributed by atoms with Crippen LogP contribution in [0, 0.1) is 5.92 Å². The first-order chi connectivity index (χ1) is 9.97. The van der Waals surface area contributed by atoms with E-state index in [9.17, 15) is 14.4 Å². The number of hydrogen-bond acceptors (Lipinski definition) is 3. The van der Waals surface area contributed by atoms with Gasteiger partial charge in [-0.3, -0.25) is 9.59 Å². The molecular formula is C14H23N3O4. The summed E-state index contributed by atoms with van der Waals surface area (Å²) in [6.07, 6.45) is 2.87. The van der Waals surface area contributed by atoms with Gasteiger partial charge in [-0.05, 0) is 25.2 Å². The maximum absolute atomic E-state index is 12.5. The summed E-state index contributed by atoms with van der Waals surface area (Å²) in [5, 5.41) is 8.97. The molecule has 1 saturated carbocycles. The van der Waals surface area contributed by atoms with Gasteiger partial charge in [0.1, 0.15) is 6.54 Å². The highest BCUT2D eigenvalue weighted by Gasteiger charge is 2.31. The maximum atomic E-state index is 12.5. The molecule has 0 aromatic carbocycles. The van der Waals surface area contributed by atoms with Crippen molar-refractivity contribution in [1.29, 1.82) is 0 Å². The molecule has 2 rings (SSSR count). The van der Waals surface area contributed by atoms with Gasteiger partial charge < -0.3 is 19.8 Å². The van der Waals surface area contributed by atoms with Crippen LogP contribution in [0.5, 0.6) is 0 Å². The summed E-state index contributed by atoms with van der Waals surface area (Å²) in [6, 6.07) is -0.213. The second-order valence-corrected chi connectivity index (χ2v) is 5.85. The van der Waals surface area contributed by atoms with Crippen LogP contribution in [-0.2, 0) is 9.59 Å². The SMILES string of the molecule is CC(=O)N1CCCN(C(=O)N(CC(=O)O)CC2CC2)CC1. The average molecular weight is 297 g/mol. The minimum atomic E-state index is -0.982. The monoisotopic (exact) mass is 297 g/mol. The van der Waals surface area contributed by atoms with Crippen molar-refractivity contribution in [2.45, 2.75) is 26.2 Å². The zero-order valence-corrected chi connectivity index (χ0v) is 12.5. The number of rotatable bonds is 4. The lowest BCUT2D eigenvalue weighted by atomic mass is 10.3. The molecule has 1 saturated heterocycles. The molecule has 21 heavy (non-hydrogen) atoms. The highest BCUT2D eigenvalue weighted by Crippen LogP contribution is 2.30. The molecule has 0 radical (unpaired) electrons. The molecule has 0 bridgehead atoms. The number of hydrogen-bond donors (Lipinski definition) is 1. The Morgan fingerprint density at radius 3 is 2.29 bits per heavy atom. The molecule has 7 heteroatoms. The number of carbonyl (C=O) groups excluding carboxylic acids is 2. The summed E-state index contributed by atoms with van der Waals surface area (Å²) in [7, 11) is 0. The van der Waals surface area contributed by atoms with Gasteiger partial charge in [-0.1, -0.05) is 0 Å². The van der Waals surface area contributed by atoms with Gasteiger partial charge in [0.05, 0.1) is 0 Å². The first kappa shape index (κ1) is 15.6. The molecule has 1 aliphatic carbocycles. The number of aliphatic carboxylic acids is 1. The quantitative estimate of drug-likeness (QED) is 0.817. The Morgan fingerprint density at radius 1 is 1.10 bits per heavy atom. The van der Waals surface area contributed by atoms with E-state index in [2.05, 4.69) is 0 Å². The number of nitrogens with zero attached hydrogens (tertiary/aromatic N) is 3. The summed E-state index contributed by atoms with van der Waals surface area (Å²) >= 11 is 0. The van der Waals surface area contributed by atoms with Gasteiger partial charge in [0.2, 0.25) is 5.91 Å². The molecule has 1 aliphatic heterocycles. The van der Waals surface area contributed by atoms with Gasteiger partial charge >= 0.3 is 12.0 Å². The molecular weight excluding hydrogens is 274 g/mol. The van der Waals surface area contributed by atoms with Gasteiger partial charge in [0, 0.05) is 39.6 Å². The summed E-state index contributed by atoms with van der Waals surface area (Å²) < 4.78 is 0. The molecule has 0 aromatic heterocycles. The largest absolute Gasteiger partial charge is 0.480 e. The van der Waals surface area contributed by atoms with Crippen molar-refractivity contribution in [3.63, 3.8) is 0 Å². The lowest BCUT2D eigenvalue weighted by Crippen LogP contribution is -2.47. The molecule has 3 amide bonds. The molecule has 0 unspecified atom stereocenters. The molecule has 1 N–H and O–H groups in total. The van der Waals surface area contributed by atoms with Gasteiger partial charge in [0.15, 0.2) is 0 Å². The molecule has 1 heterocycles. The molecule has 2 fully saturated rings. The molecule has 118 valence electrons. The first-order valence-electron chi connectivity index (χ1n) is 7.48. The molecule has 7 nitrogen and oxygen atoms in total. The molecule has 0 atom stereocenters. The van der Waals surface area contributed by atoms with E-state index in [-0.39, 0.29) is 18.5 Å². The lowest BCUT2D eigenvalue weighted by Gasteiger charge is -2.29. The highest BCUT2D eigenvalue weighted by molar-refractivity contribution is 5.80. The first-order valence-corrected chi connectivity index (χ1v) is 7.48. The van der Waals surface area contributed by atoms with Crippen LogP contribution >= 0.6 is 0 Å². The second-order valence-electron chi connectivity index (χ2n) is 5.85. The van der Waals surface area contributed by atoms with Crippen molar-refractivity contribution >= 4 is 17.9 Å². The van der Waals surface area contributed by atoms with E-state index >= 15 is 0 Å². The summed E-state index contributed by atoms with van der Waals surface area (Å²) in [4.78, 5) is 39.7. The van der Waals surface area contributed by atoms with Crippen LogP contribution in [0.1, 0.15) is 26.2 Å². The van der Waals surface area contributed by atoms with Gasteiger partial charge in [-0.25, -0.2) is 4.79 Å². The Kier molecular flexibility index (Phi) is 5.03. The predicted molar refractivity (Wildman–Crippen MR) is 75.8 cm³/mol.